The molecule has 1 aliphatic rings. The van der Waals surface area contributed by atoms with Crippen molar-refractivity contribution in [3.8, 4) is 0 Å². The van der Waals surface area contributed by atoms with Crippen molar-refractivity contribution < 1.29 is 4.79 Å². The molecule has 1 aliphatic carbocycles. The van der Waals surface area contributed by atoms with Gasteiger partial charge in [-0.3, -0.25) is 9.78 Å². The minimum atomic E-state index is 0.00551. The van der Waals surface area contributed by atoms with Crippen LogP contribution in [0.1, 0.15) is 29.8 Å². The molecular weight excluding hydrogens is 224 g/mol. The Labute approximate surface area is 100 Å². The number of rotatable bonds is 4. The van der Waals surface area contributed by atoms with Crippen LogP contribution in [-0.4, -0.2) is 34.3 Å². The van der Waals surface area contributed by atoms with E-state index in [-0.39, 0.29) is 5.91 Å². The largest absolute Gasteiger partial charge is 0.333 e. The van der Waals surface area contributed by atoms with Crippen molar-refractivity contribution >= 4 is 17.5 Å². The molecule has 86 valence electrons. The maximum atomic E-state index is 12.2. The first-order valence-electron chi connectivity index (χ1n) is 5.61. The average Bonchev–Trinajstić information content (AvgIpc) is 2.26. The van der Waals surface area contributed by atoms with Crippen molar-refractivity contribution in [2.75, 3.05) is 12.4 Å². The van der Waals surface area contributed by atoms with E-state index in [1.165, 1.54) is 6.42 Å². The Bertz CT molecular complexity index is 351. The summed E-state index contributed by atoms with van der Waals surface area (Å²) in [6.07, 6.45) is 5.04. The summed E-state index contributed by atoms with van der Waals surface area (Å²) in [5.41, 5.74) is 0.513. The van der Waals surface area contributed by atoms with Crippen LogP contribution in [0.3, 0.4) is 0 Å². The minimum Gasteiger partial charge on any atom is -0.333 e. The summed E-state index contributed by atoms with van der Waals surface area (Å²) in [4.78, 5) is 18.1. The van der Waals surface area contributed by atoms with Crippen LogP contribution in [0, 0.1) is 0 Å². The van der Waals surface area contributed by atoms with Crippen molar-refractivity contribution in [3.63, 3.8) is 0 Å². The lowest BCUT2D eigenvalue weighted by Crippen LogP contribution is -2.45. The molecule has 1 aromatic rings. The Hall–Kier alpha value is -1.09. The molecule has 1 heterocycles. The molecule has 0 unspecified atom stereocenters. The van der Waals surface area contributed by atoms with E-state index in [1.54, 1.807) is 12.3 Å². The fourth-order valence-electron chi connectivity index (χ4n) is 1.88. The van der Waals surface area contributed by atoms with E-state index in [9.17, 15) is 4.79 Å². The quantitative estimate of drug-likeness (QED) is 0.755. The molecule has 1 fully saturated rings. The fraction of sp³-hybridized carbons (Fsp3) is 0.500. The van der Waals surface area contributed by atoms with Gasteiger partial charge in [-0.25, -0.2) is 0 Å². The van der Waals surface area contributed by atoms with Crippen molar-refractivity contribution in [2.45, 2.75) is 25.3 Å². The van der Waals surface area contributed by atoms with E-state index in [4.69, 9.17) is 11.6 Å². The summed E-state index contributed by atoms with van der Waals surface area (Å²) < 4.78 is 0. The Morgan fingerprint density at radius 3 is 2.81 bits per heavy atom. The topological polar surface area (TPSA) is 33.2 Å². The third kappa shape index (κ3) is 2.35. The zero-order chi connectivity index (χ0) is 11.4. The number of amides is 1. The Balaban J connectivity index is 2.10. The van der Waals surface area contributed by atoms with Gasteiger partial charge in [-0.2, -0.15) is 0 Å². The van der Waals surface area contributed by atoms with Gasteiger partial charge in [0, 0.05) is 24.7 Å². The van der Waals surface area contributed by atoms with Gasteiger partial charge in [-0.15, -0.1) is 11.6 Å². The Morgan fingerprint density at radius 1 is 1.50 bits per heavy atom. The highest BCUT2D eigenvalue weighted by Gasteiger charge is 2.29. The molecule has 1 amide bonds. The lowest BCUT2D eigenvalue weighted by molar-refractivity contribution is 0.0592. The number of hydrogen-bond donors (Lipinski definition) is 0. The number of carbonyl (C=O) groups excluding carboxylic acids is 1. The van der Waals surface area contributed by atoms with Gasteiger partial charge in [0.05, 0.1) is 0 Å². The van der Waals surface area contributed by atoms with Gasteiger partial charge in [0.1, 0.15) is 5.69 Å². The fourth-order valence-corrected chi connectivity index (χ4v) is 2.06. The Morgan fingerprint density at radius 2 is 2.31 bits per heavy atom. The summed E-state index contributed by atoms with van der Waals surface area (Å²) in [5.74, 6) is 0.487. The number of alkyl halides is 1. The van der Waals surface area contributed by atoms with Crippen molar-refractivity contribution in [1.29, 1.82) is 0 Å². The van der Waals surface area contributed by atoms with E-state index in [0.29, 0.717) is 24.2 Å². The van der Waals surface area contributed by atoms with Crippen LogP contribution in [0.25, 0.3) is 0 Å². The van der Waals surface area contributed by atoms with Gasteiger partial charge < -0.3 is 4.90 Å². The molecule has 0 spiro atoms. The summed E-state index contributed by atoms with van der Waals surface area (Å²) in [6, 6.07) is 5.77. The molecule has 0 aromatic carbocycles. The van der Waals surface area contributed by atoms with E-state index < -0.39 is 0 Å². The molecule has 0 aliphatic heterocycles. The second-order valence-electron chi connectivity index (χ2n) is 3.99. The molecule has 1 aromatic heterocycles. The number of hydrogen-bond acceptors (Lipinski definition) is 2. The highest BCUT2D eigenvalue weighted by molar-refractivity contribution is 6.18. The van der Waals surface area contributed by atoms with Crippen molar-refractivity contribution in [3.05, 3.63) is 30.1 Å². The number of pyridine rings is 1. The summed E-state index contributed by atoms with van der Waals surface area (Å²) >= 11 is 5.74. The zero-order valence-corrected chi connectivity index (χ0v) is 9.86. The van der Waals surface area contributed by atoms with Gasteiger partial charge in [-0.05, 0) is 31.4 Å². The van der Waals surface area contributed by atoms with Crippen LogP contribution in [-0.2, 0) is 0 Å². The number of aromatic nitrogens is 1. The van der Waals surface area contributed by atoms with Crippen LogP contribution < -0.4 is 0 Å². The third-order valence-electron chi connectivity index (χ3n) is 2.99. The zero-order valence-electron chi connectivity index (χ0n) is 9.10. The SMILES string of the molecule is O=C(c1ccccn1)N(CCCl)C1CCC1. The molecule has 0 saturated heterocycles. The van der Waals surface area contributed by atoms with Crippen LogP contribution >= 0.6 is 11.6 Å². The predicted molar refractivity (Wildman–Crippen MR) is 63.6 cm³/mol. The molecule has 1 saturated carbocycles. The maximum Gasteiger partial charge on any atom is 0.272 e. The molecule has 0 radical (unpaired) electrons. The number of nitrogens with zero attached hydrogens (tertiary/aromatic N) is 2. The lowest BCUT2D eigenvalue weighted by Gasteiger charge is -2.37. The summed E-state index contributed by atoms with van der Waals surface area (Å²) in [7, 11) is 0. The maximum absolute atomic E-state index is 12.2. The molecule has 0 bridgehead atoms. The molecule has 16 heavy (non-hydrogen) atoms. The highest BCUT2D eigenvalue weighted by atomic mass is 35.5. The van der Waals surface area contributed by atoms with Gasteiger partial charge in [0.15, 0.2) is 0 Å². The molecule has 0 N–H and O–H groups in total. The molecule has 0 atom stereocenters. The van der Waals surface area contributed by atoms with Gasteiger partial charge in [0.25, 0.3) is 5.91 Å². The normalized spacial score (nSPS) is 15.6. The van der Waals surface area contributed by atoms with Crippen LogP contribution in [0.2, 0.25) is 0 Å². The molecule has 4 heteroatoms. The van der Waals surface area contributed by atoms with Gasteiger partial charge in [0.2, 0.25) is 0 Å². The minimum absolute atomic E-state index is 0.00551. The molecule has 2 rings (SSSR count). The predicted octanol–water partition coefficient (Wildman–Crippen LogP) is 2.32. The average molecular weight is 239 g/mol. The van der Waals surface area contributed by atoms with E-state index >= 15 is 0 Å². The van der Waals surface area contributed by atoms with E-state index in [1.807, 2.05) is 17.0 Å². The summed E-state index contributed by atoms with van der Waals surface area (Å²) in [5, 5.41) is 0. The first-order chi connectivity index (χ1) is 7.83. The summed E-state index contributed by atoms with van der Waals surface area (Å²) in [6.45, 7) is 0.613. The van der Waals surface area contributed by atoms with Crippen molar-refractivity contribution in [2.24, 2.45) is 0 Å². The number of carbonyl (C=O) groups is 1. The first kappa shape index (κ1) is 11.4. The van der Waals surface area contributed by atoms with Crippen LogP contribution in [0.15, 0.2) is 24.4 Å². The molecular formula is C12H15ClN2O. The van der Waals surface area contributed by atoms with E-state index in [2.05, 4.69) is 4.98 Å². The van der Waals surface area contributed by atoms with E-state index in [0.717, 1.165) is 12.8 Å². The van der Waals surface area contributed by atoms with Gasteiger partial charge in [-0.1, -0.05) is 6.07 Å². The standard InChI is InChI=1S/C12H15ClN2O/c13-7-9-15(10-4-3-5-10)12(16)11-6-1-2-8-14-11/h1-2,6,8,10H,3-5,7,9H2. The second kappa shape index (κ2) is 5.30. The Kier molecular flexibility index (Phi) is 3.78. The van der Waals surface area contributed by atoms with Gasteiger partial charge >= 0.3 is 0 Å². The van der Waals surface area contributed by atoms with Crippen LogP contribution in [0.5, 0.6) is 0 Å². The smallest absolute Gasteiger partial charge is 0.272 e. The first-order valence-corrected chi connectivity index (χ1v) is 6.14. The highest BCUT2D eigenvalue weighted by Crippen LogP contribution is 2.25. The molecule has 3 nitrogen and oxygen atoms in total. The monoisotopic (exact) mass is 238 g/mol. The van der Waals surface area contributed by atoms with Crippen LogP contribution in [0.4, 0.5) is 0 Å². The lowest BCUT2D eigenvalue weighted by atomic mass is 9.91. The number of halogens is 1. The second-order valence-corrected chi connectivity index (χ2v) is 4.37. The van der Waals surface area contributed by atoms with Crippen molar-refractivity contribution in [1.82, 2.24) is 9.88 Å². The third-order valence-corrected chi connectivity index (χ3v) is 3.15.